The molecule has 0 bridgehead atoms. The highest BCUT2D eigenvalue weighted by atomic mass is 15.1. The predicted molar refractivity (Wildman–Crippen MR) is 48.4 cm³/mol. The molecular weight excluding hydrogens is 136 g/mol. The van der Waals surface area contributed by atoms with Crippen LogP contribution >= 0.6 is 0 Å². The molecule has 0 aromatic carbocycles. The van der Waals surface area contributed by atoms with Crippen molar-refractivity contribution < 1.29 is 0 Å². The zero-order valence-electron chi connectivity index (χ0n) is 7.71. The third-order valence-electron chi connectivity index (χ3n) is 2.86. The van der Waals surface area contributed by atoms with E-state index in [1.807, 2.05) is 0 Å². The summed E-state index contributed by atoms with van der Waals surface area (Å²) in [6, 6.07) is 0. The van der Waals surface area contributed by atoms with E-state index in [9.17, 15) is 0 Å². The fourth-order valence-electron chi connectivity index (χ4n) is 1.73. The van der Waals surface area contributed by atoms with E-state index in [2.05, 4.69) is 18.7 Å². The van der Waals surface area contributed by atoms with Gasteiger partial charge in [-0.1, -0.05) is 13.8 Å². The van der Waals surface area contributed by atoms with Crippen molar-refractivity contribution in [3.8, 4) is 0 Å². The highest BCUT2D eigenvalue weighted by Gasteiger charge is 2.21. The van der Waals surface area contributed by atoms with Gasteiger partial charge < -0.3 is 10.6 Å². The molecule has 1 aliphatic heterocycles. The first-order chi connectivity index (χ1) is 5.24. The first kappa shape index (κ1) is 9.01. The number of rotatable bonds is 2. The predicted octanol–water partition coefficient (Wildman–Crippen LogP) is 0.923. The molecular formula is C9H20N2. The summed E-state index contributed by atoms with van der Waals surface area (Å²) >= 11 is 0. The van der Waals surface area contributed by atoms with E-state index < -0.39 is 0 Å². The minimum Gasteiger partial charge on any atom is -0.329 e. The van der Waals surface area contributed by atoms with Gasteiger partial charge in [0.1, 0.15) is 0 Å². The molecule has 1 heterocycles. The second-order valence-electron chi connectivity index (χ2n) is 3.83. The number of piperidine rings is 1. The molecule has 11 heavy (non-hydrogen) atoms. The van der Waals surface area contributed by atoms with Gasteiger partial charge in [-0.25, -0.2) is 0 Å². The van der Waals surface area contributed by atoms with Gasteiger partial charge in [-0.05, 0) is 24.8 Å². The maximum Gasteiger partial charge on any atom is 0.0105 e. The summed E-state index contributed by atoms with van der Waals surface area (Å²) in [6.07, 6.45) is 1.35. The van der Waals surface area contributed by atoms with Gasteiger partial charge in [0, 0.05) is 19.6 Å². The topological polar surface area (TPSA) is 29.3 Å². The Labute approximate surface area is 69.8 Å². The maximum absolute atomic E-state index is 5.50. The summed E-state index contributed by atoms with van der Waals surface area (Å²) in [4.78, 5) is 2.48. The van der Waals surface area contributed by atoms with E-state index in [-0.39, 0.29) is 0 Å². The van der Waals surface area contributed by atoms with Gasteiger partial charge in [-0.3, -0.25) is 0 Å². The third-order valence-corrected chi connectivity index (χ3v) is 2.86. The molecule has 2 nitrogen and oxygen atoms in total. The van der Waals surface area contributed by atoms with Crippen LogP contribution in [-0.4, -0.2) is 31.1 Å². The lowest BCUT2D eigenvalue weighted by molar-refractivity contribution is 0.142. The van der Waals surface area contributed by atoms with Crippen molar-refractivity contribution >= 4 is 0 Å². The van der Waals surface area contributed by atoms with E-state index in [1.54, 1.807) is 0 Å². The fraction of sp³-hybridized carbons (Fsp3) is 1.00. The van der Waals surface area contributed by atoms with E-state index in [1.165, 1.54) is 19.5 Å². The molecule has 66 valence electrons. The molecule has 0 spiro atoms. The molecule has 0 radical (unpaired) electrons. The summed E-state index contributed by atoms with van der Waals surface area (Å²) in [5.74, 6) is 1.76. The summed E-state index contributed by atoms with van der Waals surface area (Å²) in [5.41, 5.74) is 5.50. The third kappa shape index (κ3) is 2.46. The van der Waals surface area contributed by atoms with Gasteiger partial charge in [0.2, 0.25) is 0 Å². The Balaban J connectivity index is 2.28. The largest absolute Gasteiger partial charge is 0.329 e. The number of hydrogen-bond acceptors (Lipinski definition) is 2. The van der Waals surface area contributed by atoms with Gasteiger partial charge in [0.15, 0.2) is 0 Å². The average molecular weight is 156 g/mol. The molecule has 1 fully saturated rings. The van der Waals surface area contributed by atoms with E-state index in [0.29, 0.717) is 0 Å². The van der Waals surface area contributed by atoms with Crippen molar-refractivity contribution in [2.24, 2.45) is 17.6 Å². The van der Waals surface area contributed by atoms with Crippen molar-refractivity contribution in [1.29, 1.82) is 0 Å². The second-order valence-corrected chi connectivity index (χ2v) is 3.83. The van der Waals surface area contributed by atoms with Gasteiger partial charge in [-0.15, -0.1) is 0 Å². The van der Waals surface area contributed by atoms with Crippen LogP contribution in [0.3, 0.4) is 0 Å². The summed E-state index contributed by atoms with van der Waals surface area (Å²) in [7, 11) is 0. The minimum absolute atomic E-state index is 0.807. The molecule has 0 saturated carbocycles. The van der Waals surface area contributed by atoms with Gasteiger partial charge in [0.25, 0.3) is 0 Å². The molecule has 0 aromatic heterocycles. The number of hydrogen-bond donors (Lipinski definition) is 1. The lowest BCUT2D eigenvalue weighted by Gasteiger charge is -2.34. The molecule has 0 unspecified atom stereocenters. The molecule has 0 amide bonds. The lowest BCUT2D eigenvalue weighted by Crippen LogP contribution is -2.40. The van der Waals surface area contributed by atoms with Crippen LogP contribution in [0.4, 0.5) is 0 Å². The Morgan fingerprint density at radius 3 is 2.64 bits per heavy atom. The normalized spacial score (nSPS) is 34.1. The smallest absolute Gasteiger partial charge is 0.0105 e. The standard InChI is InChI=1S/C9H20N2/c1-8-3-5-11(6-4-10)7-9(8)2/h8-9H,3-7,10H2,1-2H3/t8-,9-/m1/s1. The Bertz CT molecular complexity index is 114. The van der Waals surface area contributed by atoms with E-state index in [0.717, 1.165) is 24.9 Å². The van der Waals surface area contributed by atoms with E-state index in [4.69, 9.17) is 5.73 Å². The van der Waals surface area contributed by atoms with E-state index >= 15 is 0 Å². The van der Waals surface area contributed by atoms with Crippen LogP contribution < -0.4 is 5.73 Å². The van der Waals surface area contributed by atoms with Crippen molar-refractivity contribution in [1.82, 2.24) is 4.90 Å². The van der Waals surface area contributed by atoms with Crippen LogP contribution in [0.15, 0.2) is 0 Å². The molecule has 0 aromatic rings. The average Bonchev–Trinajstić information content (AvgIpc) is 1.98. The van der Waals surface area contributed by atoms with Crippen molar-refractivity contribution in [2.45, 2.75) is 20.3 Å². The van der Waals surface area contributed by atoms with Crippen LogP contribution in [0.2, 0.25) is 0 Å². The monoisotopic (exact) mass is 156 g/mol. The van der Waals surface area contributed by atoms with Crippen LogP contribution in [0.1, 0.15) is 20.3 Å². The van der Waals surface area contributed by atoms with Gasteiger partial charge in [-0.2, -0.15) is 0 Å². The van der Waals surface area contributed by atoms with Crippen LogP contribution in [-0.2, 0) is 0 Å². The maximum atomic E-state index is 5.50. The number of nitrogens with two attached hydrogens (primary N) is 1. The zero-order valence-corrected chi connectivity index (χ0v) is 7.71. The summed E-state index contributed by atoms with van der Waals surface area (Å²) in [6.45, 7) is 9.08. The molecule has 0 aliphatic carbocycles. The second kappa shape index (κ2) is 4.07. The van der Waals surface area contributed by atoms with Gasteiger partial charge in [0.05, 0.1) is 0 Å². The number of nitrogens with zero attached hydrogens (tertiary/aromatic N) is 1. The van der Waals surface area contributed by atoms with Crippen LogP contribution in [0.5, 0.6) is 0 Å². The van der Waals surface area contributed by atoms with Crippen molar-refractivity contribution in [3.63, 3.8) is 0 Å². The summed E-state index contributed by atoms with van der Waals surface area (Å²) in [5, 5.41) is 0. The Hall–Kier alpha value is -0.0800. The first-order valence-electron chi connectivity index (χ1n) is 4.66. The Morgan fingerprint density at radius 1 is 1.36 bits per heavy atom. The lowest BCUT2D eigenvalue weighted by atomic mass is 9.89. The highest BCUT2D eigenvalue weighted by molar-refractivity contribution is 4.74. The van der Waals surface area contributed by atoms with Crippen LogP contribution in [0, 0.1) is 11.8 Å². The molecule has 1 saturated heterocycles. The van der Waals surface area contributed by atoms with Gasteiger partial charge >= 0.3 is 0 Å². The Kier molecular flexibility index (Phi) is 3.34. The minimum atomic E-state index is 0.807. The molecule has 2 N–H and O–H groups in total. The first-order valence-corrected chi connectivity index (χ1v) is 4.66. The highest BCUT2D eigenvalue weighted by Crippen LogP contribution is 2.21. The molecule has 1 rings (SSSR count). The zero-order chi connectivity index (χ0) is 8.27. The fourth-order valence-corrected chi connectivity index (χ4v) is 1.73. The number of likely N-dealkylation sites (tertiary alicyclic amines) is 1. The Morgan fingerprint density at radius 2 is 2.09 bits per heavy atom. The SMILES string of the molecule is C[C@@H]1CCN(CCN)C[C@H]1C. The summed E-state index contributed by atoms with van der Waals surface area (Å²) < 4.78 is 0. The molecule has 2 atom stereocenters. The molecule has 2 heteroatoms. The van der Waals surface area contributed by atoms with Crippen molar-refractivity contribution in [3.05, 3.63) is 0 Å². The quantitative estimate of drug-likeness (QED) is 0.644. The van der Waals surface area contributed by atoms with Crippen molar-refractivity contribution in [2.75, 3.05) is 26.2 Å². The molecule has 1 aliphatic rings. The van der Waals surface area contributed by atoms with Crippen LogP contribution in [0.25, 0.3) is 0 Å².